The van der Waals surface area contributed by atoms with Crippen molar-refractivity contribution in [1.82, 2.24) is 4.31 Å². The second-order valence-corrected chi connectivity index (χ2v) is 7.51. The van der Waals surface area contributed by atoms with E-state index < -0.39 is 10.0 Å². The standard InChI is InChI=1S/C17H19NO2S/c1-14-7-9-17(10-8-14)21(19,20)18-12-11-16(13-18)15-5-3-2-4-6-15/h2-10,16H,11-13H2,1H3. The molecule has 0 bridgehead atoms. The van der Waals surface area contributed by atoms with E-state index in [4.69, 9.17) is 0 Å². The minimum atomic E-state index is -3.36. The molecule has 2 aromatic rings. The Balaban J connectivity index is 1.81. The van der Waals surface area contributed by atoms with Crippen LogP contribution in [0, 0.1) is 6.92 Å². The number of rotatable bonds is 3. The predicted molar refractivity (Wildman–Crippen MR) is 83.7 cm³/mol. The maximum absolute atomic E-state index is 12.6. The molecule has 0 radical (unpaired) electrons. The Morgan fingerprint density at radius 2 is 1.67 bits per heavy atom. The minimum Gasteiger partial charge on any atom is -0.207 e. The Kier molecular flexibility index (Phi) is 3.83. The van der Waals surface area contributed by atoms with Crippen LogP contribution < -0.4 is 0 Å². The molecule has 2 aromatic carbocycles. The van der Waals surface area contributed by atoms with Gasteiger partial charge < -0.3 is 0 Å². The molecule has 1 aliphatic heterocycles. The van der Waals surface area contributed by atoms with Gasteiger partial charge in [-0.15, -0.1) is 0 Å². The van der Waals surface area contributed by atoms with Gasteiger partial charge in [-0.1, -0.05) is 48.0 Å². The summed E-state index contributed by atoms with van der Waals surface area (Å²) < 4.78 is 26.9. The van der Waals surface area contributed by atoms with Gasteiger partial charge in [-0.25, -0.2) is 8.42 Å². The fourth-order valence-electron chi connectivity index (χ4n) is 2.80. The molecular formula is C17H19NO2S. The zero-order valence-electron chi connectivity index (χ0n) is 12.1. The molecule has 0 saturated carbocycles. The molecule has 3 nitrogen and oxygen atoms in total. The molecule has 4 heteroatoms. The van der Waals surface area contributed by atoms with E-state index in [1.54, 1.807) is 16.4 Å². The molecule has 1 unspecified atom stereocenters. The van der Waals surface area contributed by atoms with Crippen LogP contribution in [0.4, 0.5) is 0 Å². The smallest absolute Gasteiger partial charge is 0.207 e. The number of aryl methyl sites for hydroxylation is 1. The van der Waals surface area contributed by atoms with Crippen molar-refractivity contribution >= 4 is 10.0 Å². The monoisotopic (exact) mass is 301 g/mol. The molecule has 0 spiro atoms. The lowest BCUT2D eigenvalue weighted by molar-refractivity contribution is 0.473. The quantitative estimate of drug-likeness (QED) is 0.873. The third-order valence-corrected chi connectivity index (χ3v) is 5.96. The lowest BCUT2D eigenvalue weighted by atomic mass is 9.99. The third kappa shape index (κ3) is 2.87. The van der Waals surface area contributed by atoms with Crippen LogP contribution in [0.25, 0.3) is 0 Å². The fourth-order valence-corrected chi connectivity index (χ4v) is 4.30. The minimum absolute atomic E-state index is 0.298. The van der Waals surface area contributed by atoms with Gasteiger partial charge in [-0.05, 0) is 37.0 Å². The molecular weight excluding hydrogens is 282 g/mol. The van der Waals surface area contributed by atoms with Crippen LogP contribution in [0.3, 0.4) is 0 Å². The Morgan fingerprint density at radius 3 is 2.33 bits per heavy atom. The zero-order chi connectivity index (χ0) is 14.9. The number of nitrogens with zero attached hydrogens (tertiary/aromatic N) is 1. The molecule has 1 aliphatic rings. The van der Waals surface area contributed by atoms with Gasteiger partial charge in [0.05, 0.1) is 4.90 Å². The fraction of sp³-hybridized carbons (Fsp3) is 0.294. The van der Waals surface area contributed by atoms with Gasteiger partial charge in [0, 0.05) is 13.1 Å². The SMILES string of the molecule is Cc1ccc(S(=O)(=O)N2CCC(c3ccccc3)C2)cc1. The largest absolute Gasteiger partial charge is 0.243 e. The number of benzene rings is 2. The van der Waals surface area contributed by atoms with Gasteiger partial charge in [0.15, 0.2) is 0 Å². The summed E-state index contributed by atoms with van der Waals surface area (Å²) >= 11 is 0. The summed E-state index contributed by atoms with van der Waals surface area (Å²) in [5.41, 5.74) is 2.29. The van der Waals surface area contributed by atoms with Gasteiger partial charge in [0.1, 0.15) is 0 Å². The average Bonchev–Trinajstić information content (AvgIpc) is 2.99. The van der Waals surface area contributed by atoms with Gasteiger partial charge in [0.25, 0.3) is 0 Å². The van der Waals surface area contributed by atoms with Crippen molar-refractivity contribution in [2.45, 2.75) is 24.2 Å². The maximum Gasteiger partial charge on any atom is 0.243 e. The molecule has 1 atom stereocenters. The molecule has 1 saturated heterocycles. The van der Waals surface area contributed by atoms with Crippen molar-refractivity contribution in [3.63, 3.8) is 0 Å². The van der Waals surface area contributed by atoms with E-state index in [2.05, 4.69) is 12.1 Å². The molecule has 21 heavy (non-hydrogen) atoms. The molecule has 0 aliphatic carbocycles. The highest BCUT2D eigenvalue weighted by Crippen LogP contribution is 2.30. The average molecular weight is 301 g/mol. The van der Waals surface area contributed by atoms with Crippen molar-refractivity contribution in [3.8, 4) is 0 Å². The van der Waals surface area contributed by atoms with E-state index in [1.807, 2.05) is 37.3 Å². The Labute approximate surface area is 126 Å². The highest BCUT2D eigenvalue weighted by atomic mass is 32.2. The third-order valence-electron chi connectivity index (χ3n) is 4.08. The Hall–Kier alpha value is -1.65. The summed E-state index contributed by atoms with van der Waals surface area (Å²) in [6, 6.07) is 17.2. The summed E-state index contributed by atoms with van der Waals surface area (Å²) in [6.07, 6.45) is 0.884. The first-order valence-corrected chi connectivity index (χ1v) is 8.63. The molecule has 1 fully saturated rings. The van der Waals surface area contributed by atoms with Gasteiger partial charge in [-0.2, -0.15) is 4.31 Å². The van der Waals surface area contributed by atoms with Crippen LogP contribution >= 0.6 is 0 Å². The Morgan fingerprint density at radius 1 is 1.00 bits per heavy atom. The highest BCUT2D eigenvalue weighted by Gasteiger charge is 2.32. The van der Waals surface area contributed by atoms with Gasteiger partial charge >= 0.3 is 0 Å². The van der Waals surface area contributed by atoms with Crippen molar-refractivity contribution in [2.24, 2.45) is 0 Å². The van der Waals surface area contributed by atoms with E-state index in [0.717, 1.165) is 12.0 Å². The summed E-state index contributed by atoms with van der Waals surface area (Å²) in [6.45, 7) is 3.12. The van der Waals surface area contributed by atoms with Gasteiger partial charge in [-0.3, -0.25) is 0 Å². The van der Waals surface area contributed by atoms with Crippen LogP contribution in [0.2, 0.25) is 0 Å². The Bertz CT molecular complexity index is 708. The molecule has 110 valence electrons. The van der Waals surface area contributed by atoms with Crippen molar-refractivity contribution < 1.29 is 8.42 Å². The topological polar surface area (TPSA) is 37.4 Å². The lowest BCUT2D eigenvalue weighted by Crippen LogP contribution is -2.28. The van der Waals surface area contributed by atoms with E-state index in [1.165, 1.54) is 5.56 Å². The van der Waals surface area contributed by atoms with Crippen molar-refractivity contribution in [1.29, 1.82) is 0 Å². The first kappa shape index (κ1) is 14.3. The number of hydrogen-bond acceptors (Lipinski definition) is 2. The van der Waals surface area contributed by atoms with Gasteiger partial charge in [0.2, 0.25) is 10.0 Å². The summed E-state index contributed by atoms with van der Waals surface area (Å²) in [4.78, 5) is 0.391. The van der Waals surface area contributed by atoms with Crippen LogP contribution in [-0.4, -0.2) is 25.8 Å². The van der Waals surface area contributed by atoms with Crippen LogP contribution in [-0.2, 0) is 10.0 Å². The highest BCUT2D eigenvalue weighted by molar-refractivity contribution is 7.89. The number of hydrogen-bond donors (Lipinski definition) is 0. The first-order valence-electron chi connectivity index (χ1n) is 7.19. The first-order chi connectivity index (χ1) is 10.1. The second kappa shape index (κ2) is 5.62. The van der Waals surface area contributed by atoms with E-state index in [9.17, 15) is 8.42 Å². The second-order valence-electron chi connectivity index (χ2n) is 5.57. The molecule has 1 heterocycles. The molecule has 0 amide bonds. The van der Waals surface area contributed by atoms with Crippen LogP contribution in [0.1, 0.15) is 23.5 Å². The van der Waals surface area contributed by atoms with E-state index in [0.29, 0.717) is 23.9 Å². The summed E-state index contributed by atoms with van der Waals surface area (Å²) in [7, 11) is -3.36. The summed E-state index contributed by atoms with van der Waals surface area (Å²) in [5.74, 6) is 0.298. The van der Waals surface area contributed by atoms with Crippen LogP contribution in [0.5, 0.6) is 0 Å². The maximum atomic E-state index is 12.6. The predicted octanol–water partition coefficient (Wildman–Crippen LogP) is 3.17. The van der Waals surface area contributed by atoms with Crippen molar-refractivity contribution in [3.05, 3.63) is 65.7 Å². The van der Waals surface area contributed by atoms with Crippen molar-refractivity contribution in [2.75, 3.05) is 13.1 Å². The number of sulfonamides is 1. The molecule has 0 aromatic heterocycles. The van der Waals surface area contributed by atoms with E-state index in [-0.39, 0.29) is 0 Å². The lowest BCUT2D eigenvalue weighted by Gasteiger charge is -2.17. The van der Waals surface area contributed by atoms with Crippen LogP contribution in [0.15, 0.2) is 59.5 Å². The zero-order valence-corrected chi connectivity index (χ0v) is 12.9. The van der Waals surface area contributed by atoms with E-state index >= 15 is 0 Å². The molecule has 0 N–H and O–H groups in total. The summed E-state index contributed by atoms with van der Waals surface area (Å²) in [5, 5.41) is 0. The normalized spacial score (nSPS) is 19.8. The molecule has 3 rings (SSSR count).